The number of carbonyl (C=O) groups is 4. The molecule has 2 heterocycles. The third-order valence-corrected chi connectivity index (χ3v) is 5.19. The summed E-state index contributed by atoms with van der Waals surface area (Å²) < 4.78 is 5.06. The summed E-state index contributed by atoms with van der Waals surface area (Å²) in [7, 11) is 0. The van der Waals surface area contributed by atoms with E-state index in [4.69, 9.17) is 4.74 Å². The van der Waals surface area contributed by atoms with Gasteiger partial charge >= 0.3 is 12.0 Å². The van der Waals surface area contributed by atoms with Crippen molar-refractivity contribution in [2.24, 2.45) is 0 Å². The third kappa shape index (κ3) is 3.60. The monoisotopic (exact) mass is 411 g/mol. The Morgan fingerprint density at radius 1 is 1.03 bits per heavy atom. The molecule has 8 heteroatoms. The largest absolute Gasteiger partial charge is 0.462 e. The number of ketones is 1. The molecule has 3 amide bonds. The molecule has 1 aliphatic heterocycles. The van der Waals surface area contributed by atoms with Gasteiger partial charge in [0, 0.05) is 17.1 Å². The predicted octanol–water partition coefficient (Wildman–Crippen LogP) is 3.16. The minimum Gasteiger partial charge on any atom is -0.462 e. The van der Waals surface area contributed by atoms with E-state index in [0.717, 1.165) is 10.5 Å². The van der Waals surface area contributed by atoms with Crippen molar-refractivity contribution in [2.75, 3.05) is 18.1 Å². The number of hydrogen-bond acceptors (Lipinski definition) is 5. The number of rotatable bonds is 6. The average Bonchev–Trinajstić information content (AvgIpc) is 3.10. The van der Waals surface area contributed by atoms with Gasteiger partial charge < -0.3 is 9.72 Å². The summed E-state index contributed by atoms with van der Waals surface area (Å²) >= 11 is 0. The van der Waals surface area contributed by atoms with E-state index < -0.39 is 36.3 Å². The lowest BCUT2D eigenvalue weighted by molar-refractivity contribution is -0.126. The topological polar surface area (TPSA) is 99.8 Å². The molecular formula is C22H25N3O5. The molecule has 1 N–H and O–H groups in total. The fraction of sp³-hybridized carbons (Fsp3) is 0.364. The first-order chi connectivity index (χ1) is 14.2. The lowest BCUT2D eigenvalue weighted by Gasteiger charge is -2.19. The van der Waals surface area contributed by atoms with Crippen molar-refractivity contribution < 1.29 is 23.9 Å². The van der Waals surface area contributed by atoms with Crippen LogP contribution in [-0.2, 0) is 9.53 Å². The molecule has 158 valence electrons. The van der Waals surface area contributed by atoms with Gasteiger partial charge in [-0.15, -0.1) is 0 Å². The Morgan fingerprint density at radius 3 is 2.23 bits per heavy atom. The molecule has 30 heavy (non-hydrogen) atoms. The molecule has 3 rings (SSSR count). The molecule has 1 saturated heterocycles. The van der Waals surface area contributed by atoms with Gasteiger partial charge in [-0.05, 0) is 46.8 Å². The summed E-state index contributed by atoms with van der Waals surface area (Å²) in [6.07, 6.45) is 0. The molecule has 1 aliphatic rings. The summed E-state index contributed by atoms with van der Waals surface area (Å²) in [6.45, 7) is 8.28. The first-order valence-corrected chi connectivity index (χ1v) is 9.78. The van der Waals surface area contributed by atoms with E-state index in [2.05, 4.69) is 4.98 Å². The van der Waals surface area contributed by atoms with Crippen LogP contribution in [0.15, 0.2) is 24.3 Å². The number of Topliss-reactive ketones (excluding diaryl/α,β-unsaturated/α-hetero) is 1. The molecule has 0 saturated carbocycles. The Morgan fingerprint density at radius 2 is 1.63 bits per heavy atom. The van der Waals surface area contributed by atoms with Crippen LogP contribution < -0.4 is 4.90 Å². The second-order valence-electron chi connectivity index (χ2n) is 7.36. The number of aromatic amines is 1. The number of benzene rings is 1. The Balaban J connectivity index is 1.89. The number of carbonyl (C=O) groups excluding carboxylic acids is 4. The average molecular weight is 411 g/mol. The zero-order valence-electron chi connectivity index (χ0n) is 17.7. The molecule has 0 spiro atoms. The maximum Gasteiger partial charge on any atom is 0.340 e. The molecule has 1 atom stereocenters. The fourth-order valence-corrected chi connectivity index (χ4v) is 3.72. The molecule has 0 aliphatic carbocycles. The highest BCUT2D eigenvalue weighted by Gasteiger charge is 2.44. The zero-order chi connectivity index (χ0) is 22.2. The van der Waals surface area contributed by atoms with Crippen molar-refractivity contribution in [1.29, 1.82) is 0 Å². The van der Waals surface area contributed by atoms with Crippen LogP contribution in [0.4, 0.5) is 10.5 Å². The lowest BCUT2D eigenvalue weighted by Crippen LogP contribution is -2.37. The lowest BCUT2D eigenvalue weighted by atomic mass is 10.0. The number of H-pyrrole nitrogens is 1. The maximum atomic E-state index is 13.1. The molecular weight excluding hydrogens is 386 g/mol. The van der Waals surface area contributed by atoms with Crippen molar-refractivity contribution in [2.45, 2.75) is 40.7 Å². The van der Waals surface area contributed by atoms with Crippen molar-refractivity contribution in [3.63, 3.8) is 0 Å². The van der Waals surface area contributed by atoms with Crippen molar-refractivity contribution in [3.05, 3.63) is 52.3 Å². The Labute approximate surface area is 174 Å². The van der Waals surface area contributed by atoms with Crippen molar-refractivity contribution >= 4 is 29.4 Å². The van der Waals surface area contributed by atoms with Crippen LogP contribution in [0.2, 0.25) is 0 Å². The molecule has 1 unspecified atom stereocenters. The summed E-state index contributed by atoms with van der Waals surface area (Å²) in [6, 6.07) is 5.94. The molecule has 1 aromatic carbocycles. The van der Waals surface area contributed by atoms with Gasteiger partial charge in [0.25, 0.3) is 5.91 Å². The highest BCUT2D eigenvalue weighted by atomic mass is 16.5. The number of aromatic nitrogens is 1. The van der Waals surface area contributed by atoms with E-state index >= 15 is 0 Å². The first-order valence-electron chi connectivity index (χ1n) is 9.78. The number of nitrogens with zero attached hydrogens (tertiary/aromatic N) is 2. The van der Waals surface area contributed by atoms with Crippen LogP contribution in [-0.4, -0.2) is 52.8 Å². The summed E-state index contributed by atoms with van der Waals surface area (Å²) in [4.78, 5) is 56.4. The minimum atomic E-state index is -0.730. The molecule has 1 fully saturated rings. The van der Waals surface area contributed by atoms with Crippen LogP contribution in [0.25, 0.3) is 0 Å². The minimum absolute atomic E-state index is 0.141. The number of aryl methyl sites for hydroxylation is 3. The van der Waals surface area contributed by atoms with E-state index in [9.17, 15) is 19.2 Å². The van der Waals surface area contributed by atoms with Gasteiger partial charge in [-0.25, -0.2) is 9.59 Å². The van der Waals surface area contributed by atoms with Crippen molar-refractivity contribution in [1.82, 2.24) is 9.88 Å². The van der Waals surface area contributed by atoms with E-state index in [1.165, 1.54) is 4.90 Å². The highest BCUT2D eigenvalue weighted by Crippen LogP contribution is 2.27. The number of esters is 1. The van der Waals surface area contributed by atoms with Gasteiger partial charge in [-0.3, -0.25) is 19.4 Å². The molecule has 8 nitrogen and oxygen atoms in total. The SMILES string of the molecule is CCOC(=O)c1c(C)[nH]c(C)c1C(=O)CN1C(=O)C(C)N(c2ccc(C)cc2)C1=O. The number of ether oxygens (including phenoxy) is 1. The zero-order valence-corrected chi connectivity index (χ0v) is 17.7. The fourth-order valence-electron chi connectivity index (χ4n) is 3.72. The highest BCUT2D eigenvalue weighted by molar-refractivity contribution is 6.17. The predicted molar refractivity (Wildman–Crippen MR) is 111 cm³/mol. The second kappa shape index (κ2) is 8.14. The van der Waals surface area contributed by atoms with Crippen LogP contribution in [0.1, 0.15) is 51.5 Å². The van der Waals surface area contributed by atoms with E-state index in [1.807, 2.05) is 19.1 Å². The quantitative estimate of drug-likeness (QED) is 0.447. The second-order valence-corrected chi connectivity index (χ2v) is 7.36. The first kappa shape index (κ1) is 21.3. The van der Waals surface area contributed by atoms with Crippen LogP contribution in [0.5, 0.6) is 0 Å². The number of anilines is 1. The van der Waals surface area contributed by atoms with Crippen LogP contribution in [0, 0.1) is 20.8 Å². The van der Waals surface area contributed by atoms with Gasteiger partial charge in [0.15, 0.2) is 5.78 Å². The van der Waals surface area contributed by atoms with E-state index in [0.29, 0.717) is 17.1 Å². The summed E-state index contributed by atoms with van der Waals surface area (Å²) in [5, 5.41) is 0. The molecule has 2 aromatic rings. The number of hydrogen-bond donors (Lipinski definition) is 1. The van der Waals surface area contributed by atoms with Gasteiger partial charge in [0.05, 0.1) is 24.3 Å². The number of urea groups is 1. The molecule has 0 bridgehead atoms. The van der Waals surface area contributed by atoms with Gasteiger partial charge in [0.1, 0.15) is 6.04 Å². The molecule has 1 aromatic heterocycles. The van der Waals surface area contributed by atoms with Crippen molar-refractivity contribution in [3.8, 4) is 0 Å². The third-order valence-electron chi connectivity index (χ3n) is 5.19. The van der Waals surface area contributed by atoms with Gasteiger partial charge in [-0.2, -0.15) is 0 Å². The summed E-state index contributed by atoms with van der Waals surface area (Å²) in [5.41, 5.74) is 2.89. The summed E-state index contributed by atoms with van der Waals surface area (Å²) in [5.74, 6) is -1.58. The van der Waals surface area contributed by atoms with Crippen LogP contribution >= 0.6 is 0 Å². The number of imide groups is 1. The van der Waals surface area contributed by atoms with Crippen LogP contribution in [0.3, 0.4) is 0 Å². The smallest absolute Gasteiger partial charge is 0.340 e. The Hall–Kier alpha value is -3.42. The Kier molecular flexibility index (Phi) is 5.78. The van der Waals surface area contributed by atoms with Gasteiger partial charge in [-0.1, -0.05) is 17.7 Å². The van der Waals surface area contributed by atoms with Gasteiger partial charge in [0.2, 0.25) is 0 Å². The maximum absolute atomic E-state index is 13.1. The normalized spacial score (nSPS) is 16.4. The van der Waals surface area contributed by atoms with E-state index in [1.54, 1.807) is 39.8 Å². The number of nitrogens with one attached hydrogen (secondary N) is 1. The molecule has 0 radical (unpaired) electrons. The Bertz CT molecular complexity index is 1020. The standard InChI is InChI=1S/C22H25N3O5/c1-6-30-21(28)19-14(4)23-13(3)18(19)17(26)11-24-20(27)15(5)25(22(24)29)16-9-7-12(2)8-10-16/h7-10,15,23H,6,11H2,1-5H3. The van der Waals surface area contributed by atoms with E-state index in [-0.39, 0.29) is 17.7 Å². The number of amides is 3.